The first-order valence-corrected chi connectivity index (χ1v) is 17.3. The quantitative estimate of drug-likeness (QED) is 0.0866. The van der Waals surface area contributed by atoms with E-state index < -0.39 is 49.1 Å². The topological polar surface area (TPSA) is 221 Å². The number of rotatable bonds is 18. The van der Waals surface area contributed by atoms with Crippen LogP contribution in [0.4, 0.5) is 5.69 Å². The van der Waals surface area contributed by atoms with Crippen molar-refractivity contribution in [2.45, 2.75) is 31.3 Å². The zero-order valence-corrected chi connectivity index (χ0v) is 29.1. The number of carboxylic acids is 3. The van der Waals surface area contributed by atoms with E-state index in [0.717, 1.165) is 5.56 Å². The molecule has 278 valence electrons. The molecule has 1 heterocycles. The summed E-state index contributed by atoms with van der Waals surface area (Å²) in [5.74, 6) is -5.15. The number of carbonyl (C=O) groups excluding carboxylic acids is 1. The second kappa shape index (κ2) is 21.8. The summed E-state index contributed by atoms with van der Waals surface area (Å²) in [4.78, 5) is 64.9. The van der Waals surface area contributed by atoms with E-state index in [-0.39, 0.29) is 104 Å². The normalized spacial score (nSPS) is 17.1. The highest BCUT2D eigenvalue weighted by atomic mass is 31.1. The maximum Gasteiger partial charge on any atom is 0.317 e. The second-order valence-electron chi connectivity index (χ2n) is 12.0. The van der Waals surface area contributed by atoms with Crippen molar-refractivity contribution in [2.24, 2.45) is 0 Å². The first-order chi connectivity index (χ1) is 24.4. The molecule has 0 aliphatic carbocycles. The highest BCUT2D eigenvalue weighted by Crippen LogP contribution is 2.27. The van der Waals surface area contributed by atoms with E-state index in [1.54, 1.807) is 31.7 Å². The molecule has 3 N–H and O–H groups in total. The molecule has 1 aliphatic heterocycles. The fourth-order valence-corrected chi connectivity index (χ4v) is 6.12. The molecule has 17 nitrogen and oxygen atoms in total. The van der Waals surface area contributed by atoms with E-state index in [0.29, 0.717) is 5.56 Å². The zero-order valence-electron chi connectivity index (χ0n) is 28.2. The van der Waals surface area contributed by atoms with Gasteiger partial charge in [-0.1, -0.05) is 42.5 Å². The molecule has 18 heteroatoms. The molecule has 0 aromatic heterocycles. The average Bonchev–Trinajstić information content (AvgIpc) is 3.09. The number of carboxylic acid groups (broad SMARTS) is 3. The van der Waals surface area contributed by atoms with Crippen molar-refractivity contribution in [3.63, 3.8) is 0 Å². The van der Waals surface area contributed by atoms with Gasteiger partial charge in [-0.25, -0.2) is 0 Å². The summed E-state index contributed by atoms with van der Waals surface area (Å²) in [5.41, 5.74) is 1.35. The van der Waals surface area contributed by atoms with Crippen LogP contribution in [0.1, 0.15) is 29.9 Å². The van der Waals surface area contributed by atoms with Crippen LogP contribution in [-0.4, -0.2) is 148 Å². The molecule has 3 rings (SSSR count). The maximum absolute atomic E-state index is 12.9. The number of aliphatic carboxylic acids is 3. The van der Waals surface area contributed by atoms with Gasteiger partial charge >= 0.3 is 23.9 Å². The van der Waals surface area contributed by atoms with Crippen molar-refractivity contribution >= 4 is 38.0 Å². The number of nitro benzene ring substituents is 1. The minimum absolute atomic E-state index is 0.0197. The van der Waals surface area contributed by atoms with E-state index in [1.165, 1.54) is 12.1 Å². The van der Waals surface area contributed by atoms with Gasteiger partial charge in [0.2, 0.25) is 8.46 Å². The Labute approximate surface area is 296 Å². The van der Waals surface area contributed by atoms with Crippen LogP contribution in [0.15, 0.2) is 54.6 Å². The average molecular weight is 734 g/mol. The van der Waals surface area contributed by atoms with Crippen LogP contribution in [0, 0.1) is 10.1 Å². The molecule has 0 bridgehead atoms. The fourth-order valence-electron chi connectivity index (χ4n) is 5.59. The Morgan fingerprint density at radius 3 is 1.71 bits per heavy atom. The van der Waals surface area contributed by atoms with E-state index >= 15 is 0 Å². The number of ether oxygens (including phenoxy) is 2. The van der Waals surface area contributed by atoms with Gasteiger partial charge in [0.05, 0.1) is 37.6 Å². The van der Waals surface area contributed by atoms with Gasteiger partial charge in [-0.3, -0.25) is 53.5 Å². The van der Waals surface area contributed by atoms with Crippen LogP contribution in [0.3, 0.4) is 0 Å². The highest BCUT2D eigenvalue weighted by molar-refractivity contribution is 7.24. The summed E-state index contributed by atoms with van der Waals surface area (Å²) in [6, 6.07) is 15.0. The van der Waals surface area contributed by atoms with Crippen molar-refractivity contribution in [2.75, 3.05) is 78.6 Å². The lowest BCUT2D eigenvalue weighted by Gasteiger charge is -2.34. The van der Waals surface area contributed by atoms with Crippen molar-refractivity contribution < 1.29 is 53.5 Å². The van der Waals surface area contributed by atoms with Gasteiger partial charge in [0.15, 0.2) is 5.97 Å². The monoisotopic (exact) mass is 733 g/mol. The standard InChI is InChI=1S/C33H44N5O12P/c39-29(40)21-34-11-13-35(22-30(41)42)15-17-37(18-16-36(14-12-34)23-31(43)44)33(51-48)49-19-10-27(26-6-8-28(9-7-26)38(46)47)20-32(45)50-24-25-4-2-1-3-5-25/h1-9,27,33H,10-24H2,(H,39,40)(H,41,42)(H,43,44). The van der Waals surface area contributed by atoms with E-state index in [1.807, 2.05) is 30.3 Å². The molecule has 2 atom stereocenters. The summed E-state index contributed by atoms with van der Waals surface area (Å²) in [7, 11) is -0.403. The summed E-state index contributed by atoms with van der Waals surface area (Å²) in [6.45, 7) is 0.927. The lowest BCUT2D eigenvalue weighted by molar-refractivity contribution is -0.384. The zero-order chi connectivity index (χ0) is 37.2. The number of nitro groups is 1. The van der Waals surface area contributed by atoms with E-state index in [9.17, 15) is 49.2 Å². The summed E-state index contributed by atoms with van der Waals surface area (Å²) in [6.07, 6.45) is 0.207. The van der Waals surface area contributed by atoms with Gasteiger partial charge in [0, 0.05) is 64.5 Å². The molecule has 0 amide bonds. The van der Waals surface area contributed by atoms with Crippen LogP contribution >= 0.6 is 8.46 Å². The number of hydrogen-bond donors (Lipinski definition) is 3. The second-order valence-corrected chi connectivity index (χ2v) is 12.7. The lowest BCUT2D eigenvalue weighted by atomic mass is 9.92. The number of esters is 1. The molecular weight excluding hydrogens is 689 g/mol. The van der Waals surface area contributed by atoms with Gasteiger partial charge in [-0.15, -0.1) is 0 Å². The third-order valence-corrected chi connectivity index (χ3v) is 8.97. The molecule has 2 aromatic rings. The molecule has 2 aromatic carbocycles. The number of carbonyl (C=O) groups is 4. The van der Waals surface area contributed by atoms with Gasteiger partial charge in [0.25, 0.3) is 5.69 Å². The molecule has 0 saturated carbocycles. The van der Waals surface area contributed by atoms with Crippen LogP contribution in [0.2, 0.25) is 0 Å². The number of hydrogen-bond acceptors (Lipinski definition) is 13. The van der Waals surface area contributed by atoms with E-state index in [4.69, 9.17) is 9.47 Å². The predicted octanol–water partition coefficient (Wildman–Crippen LogP) is 2.27. The molecule has 1 aliphatic rings. The Morgan fingerprint density at radius 1 is 0.765 bits per heavy atom. The summed E-state index contributed by atoms with van der Waals surface area (Å²) < 4.78 is 24.1. The van der Waals surface area contributed by atoms with Gasteiger partial charge < -0.3 is 24.8 Å². The Morgan fingerprint density at radius 2 is 1.25 bits per heavy atom. The molecule has 51 heavy (non-hydrogen) atoms. The first-order valence-electron chi connectivity index (χ1n) is 16.4. The maximum atomic E-state index is 12.9. The molecular formula is C33H44N5O12P. The van der Waals surface area contributed by atoms with Gasteiger partial charge in [-0.2, -0.15) is 0 Å². The first kappa shape index (κ1) is 41.0. The van der Waals surface area contributed by atoms with Crippen LogP contribution in [0.5, 0.6) is 0 Å². The molecule has 1 fully saturated rings. The number of benzene rings is 2. The third kappa shape index (κ3) is 15.6. The Bertz CT molecular complexity index is 1420. The number of non-ortho nitro benzene ring substituents is 1. The predicted molar refractivity (Wildman–Crippen MR) is 182 cm³/mol. The third-order valence-electron chi connectivity index (χ3n) is 8.32. The molecule has 1 saturated heterocycles. The van der Waals surface area contributed by atoms with Crippen molar-refractivity contribution in [3.8, 4) is 0 Å². The Hall–Kier alpha value is -4.38. The largest absolute Gasteiger partial charge is 0.480 e. The lowest BCUT2D eigenvalue weighted by Crippen LogP contribution is -2.50. The summed E-state index contributed by atoms with van der Waals surface area (Å²) >= 11 is 0. The van der Waals surface area contributed by atoms with Crippen molar-refractivity contribution in [1.82, 2.24) is 19.6 Å². The van der Waals surface area contributed by atoms with Gasteiger partial charge in [-0.05, 0) is 23.5 Å². The SMILES string of the molecule is O=PC(OCCC(CC(=O)OCc1ccccc1)c1ccc([N+](=O)[O-])cc1)N1CCN(CC(=O)O)CCN(CC(=O)O)CCN(CC(=O)O)CC1. The van der Waals surface area contributed by atoms with Crippen LogP contribution in [-0.2, 0) is 39.8 Å². The van der Waals surface area contributed by atoms with Crippen molar-refractivity contribution in [1.29, 1.82) is 0 Å². The summed E-state index contributed by atoms with van der Waals surface area (Å²) in [5, 5.41) is 39.6. The van der Waals surface area contributed by atoms with Crippen LogP contribution < -0.4 is 0 Å². The Balaban J connectivity index is 1.74. The smallest absolute Gasteiger partial charge is 0.317 e. The number of nitrogens with zero attached hydrogens (tertiary/aromatic N) is 5. The minimum Gasteiger partial charge on any atom is -0.480 e. The molecule has 0 spiro atoms. The molecule has 0 radical (unpaired) electrons. The Kier molecular flexibility index (Phi) is 17.5. The van der Waals surface area contributed by atoms with E-state index in [2.05, 4.69) is 0 Å². The fraction of sp³-hybridized carbons (Fsp3) is 0.515. The highest BCUT2D eigenvalue weighted by Gasteiger charge is 2.26. The van der Waals surface area contributed by atoms with Crippen molar-refractivity contribution in [3.05, 3.63) is 75.8 Å². The minimum atomic E-state index is -1.07. The van der Waals surface area contributed by atoms with Gasteiger partial charge in [0.1, 0.15) is 6.61 Å². The van der Waals surface area contributed by atoms with Crippen LogP contribution in [0.25, 0.3) is 0 Å². The molecule has 2 unspecified atom stereocenters.